The number of rotatable bonds is 0. The SMILES string of the molecule is CC#N.O=[N+]([O-])[O-].O=[N+]([O-])[O-].O=[N+]([O-])[O-].[Tb+3]. The van der Waals surface area contributed by atoms with Gasteiger partial charge in [-0.05, 0) is 0 Å². The van der Waals surface area contributed by atoms with E-state index in [2.05, 4.69) is 0 Å². The second-order valence-corrected chi connectivity index (χ2v) is 0.894. The monoisotopic (exact) mass is 386 g/mol. The van der Waals surface area contributed by atoms with Crippen LogP contribution in [0.25, 0.3) is 0 Å². The van der Waals surface area contributed by atoms with Crippen molar-refractivity contribution in [1.82, 2.24) is 0 Å². The zero-order valence-corrected chi connectivity index (χ0v) is 9.44. The molecule has 16 heavy (non-hydrogen) atoms. The maximum atomic E-state index is 8.25. The van der Waals surface area contributed by atoms with Crippen LogP contribution >= 0.6 is 0 Å². The molecule has 14 heteroatoms. The van der Waals surface area contributed by atoms with Gasteiger partial charge in [-0.25, -0.2) is 0 Å². The molecule has 0 saturated carbocycles. The molecule has 0 saturated heterocycles. The first-order valence-electron chi connectivity index (χ1n) is 2.37. The summed E-state index contributed by atoms with van der Waals surface area (Å²) in [5.41, 5.74) is 0. The zero-order chi connectivity index (χ0) is 13.4. The molecule has 0 heterocycles. The molecule has 0 bridgehead atoms. The van der Waals surface area contributed by atoms with E-state index < -0.39 is 15.3 Å². The Kier molecular flexibility index (Phi) is 53.4. The van der Waals surface area contributed by atoms with E-state index in [-0.39, 0.29) is 38.6 Å². The fourth-order valence-electron chi connectivity index (χ4n) is 0. The fourth-order valence-corrected chi connectivity index (χ4v) is 0. The van der Waals surface area contributed by atoms with E-state index in [1.54, 1.807) is 6.07 Å². The van der Waals surface area contributed by atoms with Gasteiger partial charge in [-0.3, -0.25) is 0 Å². The Hall–Kier alpha value is -1.62. The van der Waals surface area contributed by atoms with Gasteiger partial charge in [0.05, 0.1) is 21.3 Å². The standard InChI is InChI=1S/C2H3N.3NO3.Tb/c1-2-3;3*2-1(3)4;/h1H3;;;;/q;3*-1;+3. The molecule has 0 aliphatic heterocycles. The van der Waals surface area contributed by atoms with E-state index in [1.165, 1.54) is 6.92 Å². The van der Waals surface area contributed by atoms with Crippen LogP contribution in [0.2, 0.25) is 0 Å². The molecule has 0 rings (SSSR count). The zero-order valence-electron chi connectivity index (χ0n) is 7.30. The van der Waals surface area contributed by atoms with Crippen LogP contribution in [-0.2, 0) is 0 Å². The first kappa shape index (κ1) is 29.3. The van der Waals surface area contributed by atoms with E-state index in [9.17, 15) is 0 Å². The number of hydrogen-bond acceptors (Lipinski definition) is 10. The van der Waals surface area contributed by atoms with Crippen molar-refractivity contribution in [1.29, 1.82) is 5.26 Å². The molecule has 0 amide bonds. The maximum absolute atomic E-state index is 8.25. The fraction of sp³-hybridized carbons (Fsp3) is 0.500. The van der Waals surface area contributed by atoms with Crippen molar-refractivity contribution < 1.29 is 53.9 Å². The Morgan fingerprint density at radius 3 is 0.812 bits per heavy atom. The first-order valence-corrected chi connectivity index (χ1v) is 2.37. The Labute approximate surface area is 118 Å². The first-order chi connectivity index (χ1) is 6.61. The molecule has 0 aliphatic rings. The predicted octanol–water partition coefficient (Wildman–Crippen LogP) is -0.187. The quantitative estimate of drug-likeness (QED) is 0.394. The van der Waals surface area contributed by atoms with Gasteiger partial charge in [0.1, 0.15) is 0 Å². The summed E-state index contributed by atoms with van der Waals surface area (Å²) < 4.78 is 0. The van der Waals surface area contributed by atoms with Crippen molar-refractivity contribution in [3.8, 4) is 6.07 Å². The predicted molar refractivity (Wildman–Crippen MR) is 42.4 cm³/mol. The minimum Gasteiger partial charge on any atom is -0.356 e. The molecule has 0 aromatic heterocycles. The van der Waals surface area contributed by atoms with Gasteiger partial charge in [-0.1, -0.05) is 0 Å². The Morgan fingerprint density at radius 1 is 0.812 bits per heavy atom. The van der Waals surface area contributed by atoms with Crippen LogP contribution in [0.15, 0.2) is 0 Å². The van der Waals surface area contributed by atoms with Crippen LogP contribution in [-0.4, -0.2) is 15.3 Å². The third kappa shape index (κ3) is 607. The maximum Gasteiger partial charge on any atom is 3.00 e. The van der Waals surface area contributed by atoms with Crippen molar-refractivity contribution >= 4 is 0 Å². The van der Waals surface area contributed by atoms with Crippen LogP contribution in [0, 0.1) is 95.9 Å². The van der Waals surface area contributed by atoms with E-state index in [0.717, 1.165) is 0 Å². The summed E-state index contributed by atoms with van der Waals surface area (Å²) >= 11 is 0. The molecule has 0 aromatic carbocycles. The molecule has 0 unspecified atom stereocenters. The van der Waals surface area contributed by atoms with Crippen molar-refractivity contribution in [3.05, 3.63) is 46.0 Å². The van der Waals surface area contributed by atoms with Gasteiger partial charge >= 0.3 is 38.6 Å². The summed E-state index contributed by atoms with van der Waals surface area (Å²) in [6, 6.07) is 1.75. The average Bonchev–Trinajstić information content (AvgIpc) is 1.81. The molecular formula is C2H3N4O9Tb. The Balaban J connectivity index is -0.0000000331. The second-order valence-electron chi connectivity index (χ2n) is 0.894. The molecule has 0 spiro atoms. The normalized spacial score (nSPS) is 5.00. The summed E-state index contributed by atoms with van der Waals surface area (Å²) in [7, 11) is 0. The van der Waals surface area contributed by atoms with Gasteiger partial charge in [0.25, 0.3) is 0 Å². The molecular weight excluding hydrogens is 383 g/mol. The molecule has 0 radical (unpaired) electrons. The minimum atomic E-state index is -1.75. The summed E-state index contributed by atoms with van der Waals surface area (Å²) in [5, 5.41) is 51.6. The van der Waals surface area contributed by atoms with Gasteiger partial charge in [0, 0.05) is 6.92 Å². The van der Waals surface area contributed by atoms with Gasteiger partial charge in [0.15, 0.2) is 0 Å². The van der Waals surface area contributed by atoms with E-state index in [4.69, 9.17) is 51.2 Å². The van der Waals surface area contributed by atoms with Gasteiger partial charge in [0.2, 0.25) is 0 Å². The Morgan fingerprint density at radius 2 is 0.812 bits per heavy atom. The summed E-state index contributed by atoms with van der Waals surface area (Å²) in [4.78, 5) is 24.8. The average molecular weight is 386 g/mol. The third-order valence-corrected chi connectivity index (χ3v) is 0. The van der Waals surface area contributed by atoms with Crippen LogP contribution in [0.5, 0.6) is 0 Å². The molecule has 0 N–H and O–H groups in total. The van der Waals surface area contributed by atoms with Crippen molar-refractivity contribution in [2.75, 3.05) is 0 Å². The Bertz CT molecular complexity index is 184. The topological polar surface area (TPSA) is 222 Å². The van der Waals surface area contributed by atoms with Crippen molar-refractivity contribution in [3.63, 3.8) is 0 Å². The minimum absolute atomic E-state index is 0. The summed E-state index contributed by atoms with van der Waals surface area (Å²) in [6.45, 7) is 1.43. The second kappa shape index (κ2) is 29.2. The van der Waals surface area contributed by atoms with E-state index >= 15 is 0 Å². The summed E-state index contributed by atoms with van der Waals surface area (Å²) in [5.74, 6) is 0. The van der Waals surface area contributed by atoms with Crippen molar-refractivity contribution in [2.24, 2.45) is 0 Å². The molecule has 0 atom stereocenters. The van der Waals surface area contributed by atoms with Crippen molar-refractivity contribution in [2.45, 2.75) is 6.92 Å². The van der Waals surface area contributed by atoms with Crippen LogP contribution in [0.4, 0.5) is 0 Å². The van der Waals surface area contributed by atoms with E-state index in [0.29, 0.717) is 0 Å². The summed E-state index contributed by atoms with van der Waals surface area (Å²) in [6.07, 6.45) is 0. The largest absolute Gasteiger partial charge is 3.00 e. The molecule has 94 valence electrons. The molecule has 0 aliphatic carbocycles. The van der Waals surface area contributed by atoms with Gasteiger partial charge < -0.3 is 46.0 Å². The van der Waals surface area contributed by atoms with E-state index in [1.807, 2.05) is 0 Å². The van der Waals surface area contributed by atoms with Gasteiger partial charge in [-0.2, -0.15) is 5.26 Å². The smallest absolute Gasteiger partial charge is 0.356 e. The number of nitriles is 1. The van der Waals surface area contributed by atoms with Crippen LogP contribution in [0.1, 0.15) is 6.92 Å². The number of hydrogen-bond donors (Lipinski definition) is 0. The van der Waals surface area contributed by atoms with Crippen LogP contribution in [0.3, 0.4) is 0 Å². The molecule has 0 fully saturated rings. The molecule has 0 aromatic rings. The number of nitrogens with zero attached hydrogens (tertiary/aromatic N) is 4. The van der Waals surface area contributed by atoms with Crippen LogP contribution < -0.4 is 0 Å². The van der Waals surface area contributed by atoms with Gasteiger partial charge in [-0.15, -0.1) is 0 Å². The molecule has 13 nitrogen and oxygen atoms in total. The third-order valence-electron chi connectivity index (χ3n) is 0.